The van der Waals surface area contributed by atoms with E-state index in [1.165, 1.54) is 5.56 Å². The number of rotatable bonds is 7. The molecule has 0 aliphatic carbocycles. The summed E-state index contributed by atoms with van der Waals surface area (Å²) in [4.78, 5) is 15.6. The van der Waals surface area contributed by atoms with E-state index in [2.05, 4.69) is 47.1 Å². The van der Waals surface area contributed by atoms with Crippen molar-refractivity contribution in [3.63, 3.8) is 0 Å². The maximum absolute atomic E-state index is 11.0. The zero-order valence-electron chi connectivity index (χ0n) is 13.7. The SMILES string of the molecule is CCC(c1ccccc1)N1CCC(N(CC)CC(=O)O)CC1. The lowest BCUT2D eigenvalue weighted by Crippen LogP contribution is -2.47. The summed E-state index contributed by atoms with van der Waals surface area (Å²) in [7, 11) is 0. The van der Waals surface area contributed by atoms with Crippen LogP contribution in [-0.2, 0) is 4.79 Å². The predicted molar refractivity (Wildman–Crippen MR) is 89.0 cm³/mol. The molecule has 1 aliphatic heterocycles. The predicted octanol–water partition coefficient (Wildman–Crippen LogP) is 3.01. The Balaban J connectivity index is 1.94. The van der Waals surface area contributed by atoms with Crippen LogP contribution in [0.4, 0.5) is 0 Å². The van der Waals surface area contributed by atoms with Gasteiger partial charge in [-0.15, -0.1) is 0 Å². The Hall–Kier alpha value is -1.39. The van der Waals surface area contributed by atoms with Crippen molar-refractivity contribution in [3.8, 4) is 0 Å². The summed E-state index contributed by atoms with van der Waals surface area (Å²) in [6.07, 6.45) is 3.23. The molecule has 1 atom stereocenters. The first-order chi connectivity index (χ1) is 10.7. The van der Waals surface area contributed by atoms with Gasteiger partial charge >= 0.3 is 5.97 Å². The third kappa shape index (κ3) is 4.31. The molecule has 4 heteroatoms. The Morgan fingerprint density at radius 2 is 1.91 bits per heavy atom. The molecule has 4 nitrogen and oxygen atoms in total. The number of nitrogens with zero attached hydrogens (tertiary/aromatic N) is 2. The summed E-state index contributed by atoms with van der Waals surface area (Å²) in [6, 6.07) is 11.6. The highest BCUT2D eigenvalue weighted by Gasteiger charge is 2.28. The van der Waals surface area contributed by atoms with Gasteiger partial charge in [-0.05, 0) is 31.4 Å². The van der Waals surface area contributed by atoms with Crippen LogP contribution in [0.3, 0.4) is 0 Å². The van der Waals surface area contributed by atoms with Crippen molar-refractivity contribution in [1.29, 1.82) is 0 Å². The van der Waals surface area contributed by atoms with Crippen LogP contribution in [0.2, 0.25) is 0 Å². The number of hydrogen-bond donors (Lipinski definition) is 1. The third-order valence-electron chi connectivity index (χ3n) is 4.77. The summed E-state index contributed by atoms with van der Waals surface area (Å²) in [5, 5.41) is 9.02. The van der Waals surface area contributed by atoms with Gasteiger partial charge in [0.25, 0.3) is 0 Å². The molecule has 1 saturated heterocycles. The minimum Gasteiger partial charge on any atom is -0.480 e. The van der Waals surface area contributed by atoms with E-state index in [-0.39, 0.29) is 6.54 Å². The number of piperidine rings is 1. The number of carboxylic acid groups (broad SMARTS) is 1. The zero-order chi connectivity index (χ0) is 15.9. The van der Waals surface area contributed by atoms with E-state index >= 15 is 0 Å². The number of likely N-dealkylation sites (tertiary alicyclic amines) is 1. The lowest BCUT2D eigenvalue weighted by Gasteiger charge is -2.41. The monoisotopic (exact) mass is 304 g/mol. The van der Waals surface area contributed by atoms with Crippen molar-refractivity contribution in [2.75, 3.05) is 26.2 Å². The number of aliphatic carboxylic acids is 1. The fraction of sp³-hybridized carbons (Fsp3) is 0.611. The van der Waals surface area contributed by atoms with Gasteiger partial charge in [0.05, 0.1) is 6.54 Å². The summed E-state index contributed by atoms with van der Waals surface area (Å²) >= 11 is 0. The Morgan fingerprint density at radius 3 is 2.41 bits per heavy atom. The molecule has 1 aliphatic rings. The lowest BCUT2D eigenvalue weighted by molar-refractivity contribution is -0.139. The van der Waals surface area contributed by atoms with Crippen LogP contribution in [0.5, 0.6) is 0 Å². The van der Waals surface area contributed by atoms with Gasteiger partial charge in [0, 0.05) is 25.2 Å². The summed E-state index contributed by atoms with van der Waals surface area (Å²) in [5.41, 5.74) is 1.39. The summed E-state index contributed by atoms with van der Waals surface area (Å²) in [5.74, 6) is -0.722. The van der Waals surface area contributed by atoms with Gasteiger partial charge in [0.1, 0.15) is 0 Å². The van der Waals surface area contributed by atoms with Crippen LogP contribution in [0.15, 0.2) is 30.3 Å². The Kier molecular flexibility index (Phi) is 6.40. The van der Waals surface area contributed by atoms with E-state index in [1.54, 1.807) is 0 Å². The molecule has 1 unspecified atom stereocenters. The molecular formula is C18H28N2O2. The average molecular weight is 304 g/mol. The Morgan fingerprint density at radius 1 is 1.27 bits per heavy atom. The van der Waals surface area contributed by atoms with E-state index in [1.807, 2.05) is 6.92 Å². The maximum atomic E-state index is 11.0. The van der Waals surface area contributed by atoms with Gasteiger partial charge in [0.15, 0.2) is 0 Å². The van der Waals surface area contributed by atoms with E-state index in [4.69, 9.17) is 5.11 Å². The van der Waals surface area contributed by atoms with Crippen LogP contribution in [0.25, 0.3) is 0 Å². The van der Waals surface area contributed by atoms with Crippen molar-refractivity contribution in [1.82, 2.24) is 9.80 Å². The number of carboxylic acids is 1. The van der Waals surface area contributed by atoms with Crippen LogP contribution >= 0.6 is 0 Å². The maximum Gasteiger partial charge on any atom is 0.317 e. The molecular weight excluding hydrogens is 276 g/mol. The molecule has 2 rings (SSSR count). The first-order valence-corrected chi connectivity index (χ1v) is 8.40. The second kappa shape index (κ2) is 8.30. The highest BCUT2D eigenvalue weighted by molar-refractivity contribution is 5.69. The number of hydrogen-bond acceptors (Lipinski definition) is 3. The molecule has 0 radical (unpaired) electrons. The van der Waals surface area contributed by atoms with Crippen LogP contribution in [-0.4, -0.2) is 53.1 Å². The van der Waals surface area contributed by atoms with E-state index in [9.17, 15) is 4.79 Å². The molecule has 1 fully saturated rings. The molecule has 0 saturated carbocycles. The Bertz CT molecular complexity index is 455. The first-order valence-electron chi connectivity index (χ1n) is 8.40. The number of likely N-dealkylation sites (N-methyl/N-ethyl adjacent to an activating group) is 1. The fourth-order valence-corrected chi connectivity index (χ4v) is 3.62. The number of benzene rings is 1. The molecule has 1 aromatic rings. The number of carbonyl (C=O) groups is 1. The van der Waals surface area contributed by atoms with Gasteiger partial charge in [-0.1, -0.05) is 44.2 Å². The van der Waals surface area contributed by atoms with E-state index < -0.39 is 5.97 Å². The van der Waals surface area contributed by atoms with Crippen molar-refractivity contribution >= 4 is 5.97 Å². The van der Waals surface area contributed by atoms with Crippen LogP contribution in [0.1, 0.15) is 44.7 Å². The zero-order valence-corrected chi connectivity index (χ0v) is 13.7. The first kappa shape index (κ1) is 17.0. The van der Waals surface area contributed by atoms with Crippen molar-refractivity contribution in [2.45, 2.75) is 45.2 Å². The van der Waals surface area contributed by atoms with Crippen LogP contribution in [0, 0.1) is 0 Å². The third-order valence-corrected chi connectivity index (χ3v) is 4.77. The van der Waals surface area contributed by atoms with Gasteiger partial charge in [0.2, 0.25) is 0 Å². The standard InChI is InChI=1S/C18H28N2O2/c1-3-17(15-8-6-5-7-9-15)20-12-10-16(11-13-20)19(4-2)14-18(21)22/h5-9,16-17H,3-4,10-14H2,1-2H3,(H,21,22). The lowest BCUT2D eigenvalue weighted by atomic mass is 9.97. The molecule has 1 N–H and O–H groups in total. The summed E-state index contributed by atoms with van der Waals surface area (Å²) < 4.78 is 0. The molecule has 0 amide bonds. The molecule has 0 spiro atoms. The van der Waals surface area contributed by atoms with Gasteiger partial charge in [-0.25, -0.2) is 0 Å². The molecule has 1 heterocycles. The van der Waals surface area contributed by atoms with Gasteiger partial charge < -0.3 is 5.11 Å². The van der Waals surface area contributed by atoms with Crippen LogP contribution < -0.4 is 0 Å². The van der Waals surface area contributed by atoms with Crippen molar-refractivity contribution in [2.24, 2.45) is 0 Å². The normalized spacial score (nSPS) is 18.5. The highest BCUT2D eigenvalue weighted by Crippen LogP contribution is 2.28. The Labute approximate surface area is 133 Å². The highest BCUT2D eigenvalue weighted by atomic mass is 16.4. The average Bonchev–Trinajstić information content (AvgIpc) is 2.55. The topological polar surface area (TPSA) is 43.8 Å². The molecule has 0 bridgehead atoms. The van der Waals surface area contributed by atoms with Gasteiger partial charge in [-0.3, -0.25) is 14.6 Å². The fourth-order valence-electron chi connectivity index (χ4n) is 3.62. The summed E-state index contributed by atoms with van der Waals surface area (Å²) in [6.45, 7) is 7.37. The molecule has 1 aromatic carbocycles. The molecule has 22 heavy (non-hydrogen) atoms. The second-order valence-electron chi connectivity index (χ2n) is 6.06. The largest absolute Gasteiger partial charge is 0.480 e. The van der Waals surface area contributed by atoms with E-state index in [0.29, 0.717) is 12.1 Å². The van der Waals surface area contributed by atoms with Crippen molar-refractivity contribution in [3.05, 3.63) is 35.9 Å². The minimum absolute atomic E-state index is 0.164. The quantitative estimate of drug-likeness (QED) is 0.841. The molecule has 0 aromatic heterocycles. The van der Waals surface area contributed by atoms with E-state index in [0.717, 1.165) is 38.9 Å². The minimum atomic E-state index is -0.722. The second-order valence-corrected chi connectivity index (χ2v) is 6.06. The van der Waals surface area contributed by atoms with Gasteiger partial charge in [-0.2, -0.15) is 0 Å². The molecule has 122 valence electrons. The smallest absolute Gasteiger partial charge is 0.317 e. The van der Waals surface area contributed by atoms with Crippen molar-refractivity contribution < 1.29 is 9.90 Å².